The molecule has 1 aromatic carbocycles. The molecule has 188 valence electrons. The van der Waals surface area contributed by atoms with Crippen LogP contribution in [0.3, 0.4) is 0 Å². The molecule has 0 spiro atoms. The van der Waals surface area contributed by atoms with E-state index in [1.54, 1.807) is 15.6 Å². The Kier molecular flexibility index (Phi) is 7.64. The van der Waals surface area contributed by atoms with Crippen LogP contribution in [0, 0.1) is 12.3 Å². The maximum atomic E-state index is 13.3. The topological polar surface area (TPSA) is 76.8 Å². The Bertz CT molecular complexity index is 1320. The molecule has 2 aromatic heterocycles. The van der Waals surface area contributed by atoms with Crippen LogP contribution in [0.1, 0.15) is 38.7 Å². The molecule has 1 aliphatic carbocycles. The number of amides is 2. The smallest absolute Gasteiger partial charge is 0.320 e. The number of allylic oxidation sites excluding steroid dienone is 3. The van der Waals surface area contributed by atoms with E-state index in [2.05, 4.69) is 64.2 Å². The second kappa shape index (κ2) is 10.7. The minimum absolute atomic E-state index is 0.124. The summed E-state index contributed by atoms with van der Waals surface area (Å²) in [7, 11) is 1.87. The van der Waals surface area contributed by atoms with E-state index in [-0.39, 0.29) is 17.5 Å². The minimum atomic E-state index is -0.297. The molecule has 0 aliphatic heterocycles. The van der Waals surface area contributed by atoms with E-state index >= 15 is 0 Å². The van der Waals surface area contributed by atoms with Gasteiger partial charge in [0.2, 0.25) is 0 Å². The lowest BCUT2D eigenvalue weighted by molar-refractivity contribution is 0.246. The standard InChI is InChI=1S/C28H33BrN6O/c1-19-16-22(29)10-9-14-28(3,4)15-13-24(19)31-27(36)32-26-20(2)25(21-17-30-34(5)18-21)33-35(26)23-11-7-6-8-12-23/h6-12,16-18,24H,1,13-15H2,2-5H3,(H2,31,32,36)/b10-9-,22-16+. The number of benzene rings is 1. The summed E-state index contributed by atoms with van der Waals surface area (Å²) in [6, 6.07) is 9.28. The highest BCUT2D eigenvalue weighted by Crippen LogP contribution is 2.32. The highest BCUT2D eigenvalue weighted by atomic mass is 79.9. The van der Waals surface area contributed by atoms with Crippen LogP contribution in [0.25, 0.3) is 16.9 Å². The van der Waals surface area contributed by atoms with Crippen LogP contribution in [0.2, 0.25) is 0 Å². The first-order chi connectivity index (χ1) is 17.1. The van der Waals surface area contributed by atoms with Crippen LogP contribution in [0.4, 0.5) is 10.6 Å². The number of urea groups is 1. The fourth-order valence-corrected chi connectivity index (χ4v) is 4.80. The van der Waals surface area contributed by atoms with Gasteiger partial charge in [-0.2, -0.15) is 10.2 Å². The molecule has 0 fully saturated rings. The van der Waals surface area contributed by atoms with Crippen molar-refractivity contribution < 1.29 is 4.79 Å². The number of para-hydroxylation sites is 1. The number of aromatic nitrogens is 4. The van der Waals surface area contributed by atoms with E-state index in [0.29, 0.717) is 5.82 Å². The summed E-state index contributed by atoms with van der Waals surface area (Å²) in [5.41, 5.74) is 4.35. The van der Waals surface area contributed by atoms with Crippen LogP contribution in [-0.2, 0) is 7.05 Å². The number of hydrogen-bond acceptors (Lipinski definition) is 3. The number of rotatable bonds is 4. The predicted molar refractivity (Wildman–Crippen MR) is 149 cm³/mol. The van der Waals surface area contributed by atoms with Crippen LogP contribution in [0.5, 0.6) is 0 Å². The Balaban J connectivity index is 1.63. The average molecular weight is 550 g/mol. The number of halogens is 1. The van der Waals surface area contributed by atoms with Crippen molar-refractivity contribution in [1.82, 2.24) is 24.9 Å². The van der Waals surface area contributed by atoms with Gasteiger partial charge in [-0.05, 0) is 55.4 Å². The zero-order valence-electron chi connectivity index (χ0n) is 21.3. The molecular formula is C28H33BrN6O. The van der Waals surface area contributed by atoms with Crippen LogP contribution >= 0.6 is 15.9 Å². The number of carbonyl (C=O) groups is 1. The van der Waals surface area contributed by atoms with E-state index in [9.17, 15) is 4.79 Å². The molecule has 1 atom stereocenters. The third-order valence-electron chi connectivity index (χ3n) is 6.47. The fraction of sp³-hybridized carbons (Fsp3) is 0.321. The van der Waals surface area contributed by atoms with E-state index in [0.717, 1.165) is 51.8 Å². The molecule has 2 heterocycles. The number of anilines is 1. The molecule has 8 heteroatoms. The molecule has 2 N–H and O–H groups in total. The normalized spacial score (nSPS) is 20.3. The second-order valence-corrected chi connectivity index (χ2v) is 11.0. The first-order valence-electron chi connectivity index (χ1n) is 12.1. The number of hydrogen-bond donors (Lipinski definition) is 2. The number of nitrogens with one attached hydrogen (secondary N) is 2. The molecule has 7 nitrogen and oxygen atoms in total. The molecule has 36 heavy (non-hydrogen) atoms. The quantitative estimate of drug-likeness (QED) is 0.382. The highest BCUT2D eigenvalue weighted by molar-refractivity contribution is 9.11. The highest BCUT2D eigenvalue weighted by Gasteiger charge is 2.24. The third-order valence-corrected chi connectivity index (χ3v) is 6.96. The SMILES string of the molecule is C=C1/C=C(Br)\C=C/CC(C)(C)CCC1NC(=O)Nc1c(C)c(-c2cnn(C)c2)nn1-c1ccccc1. The van der Waals surface area contributed by atoms with Gasteiger partial charge in [-0.15, -0.1) is 0 Å². The lowest BCUT2D eigenvalue weighted by atomic mass is 9.81. The van der Waals surface area contributed by atoms with Crippen molar-refractivity contribution in [3.8, 4) is 16.9 Å². The Labute approximate surface area is 221 Å². The van der Waals surface area contributed by atoms with Crippen molar-refractivity contribution in [1.29, 1.82) is 0 Å². The monoisotopic (exact) mass is 548 g/mol. The van der Waals surface area contributed by atoms with E-state index in [4.69, 9.17) is 5.10 Å². The van der Waals surface area contributed by atoms with Gasteiger partial charge in [0.1, 0.15) is 11.5 Å². The summed E-state index contributed by atoms with van der Waals surface area (Å²) in [6.45, 7) is 10.7. The summed E-state index contributed by atoms with van der Waals surface area (Å²) >= 11 is 3.60. The average Bonchev–Trinajstić information content (AvgIpc) is 3.39. The van der Waals surface area contributed by atoms with Gasteiger partial charge in [-0.25, -0.2) is 9.48 Å². The first-order valence-corrected chi connectivity index (χ1v) is 12.9. The molecule has 0 radical (unpaired) electrons. The fourth-order valence-electron chi connectivity index (χ4n) is 4.32. The lowest BCUT2D eigenvalue weighted by Gasteiger charge is -2.28. The molecule has 0 bridgehead atoms. The van der Waals surface area contributed by atoms with Crippen LogP contribution in [0.15, 0.2) is 77.6 Å². The molecule has 2 amide bonds. The molecule has 1 unspecified atom stereocenters. The summed E-state index contributed by atoms with van der Waals surface area (Å²) < 4.78 is 4.45. The molecule has 3 aromatic rings. The zero-order chi connectivity index (χ0) is 25.9. The van der Waals surface area contributed by atoms with Gasteiger partial charge in [0.15, 0.2) is 0 Å². The van der Waals surface area contributed by atoms with E-state index in [1.807, 2.05) is 56.6 Å². The molecule has 0 saturated heterocycles. The van der Waals surface area contributed by atoms with Gasteiger partial charge in [-0.3, -0.25) is 10.00 Å². The number of nitrogens with zero attached hydrogens (tertiary/aromatic N) is 4. The van der Waals surface area contributed by atoms with Crippen LogP contribution in [-0.4, -0.2) is 31.6 Å². The zero-order valence-corrected chi connectivity index (χ0v) is 22.8. The molecule has 4 rings (SSSR count). The van der Waals surface area contributed by atoms with Gasteiger partial charge >= 0.3 is 6.03 Å². The maximum absolute atomic E-state index is 13.3. The van der Waals surface area contributed by atoms with Gasteiger partial charge < -0.3 is 5.32 Å². The van der Waals surface area contributed by atoms with Crippen molar-refractivity contribution in [2.45, 2.75) is 46.1 Å². The van der Waals surface area contributed by atoms with E-state index in [1.165, 1.54) is 0 Å². The maximum Gasteiger partial charge on any atom is 0.320 e. The van der Waals surface area contributed by atoms with Gasteiger partial charge in [0.05, 0.1) is 17.9 Å². The van der Waals surface area contributed by atoms with Crippen molar-refractivity contribution in [2.24, 2.45) is 12.5 Å². The lowest BCUT2D eigenvalue weighted by Crippen LogP contribution is -2.40. The summed E-state index contributed by atoms with van der Waals surface area (Å²) in [4.78, 5) is 13.3. The van der Waals surface area contributed by atoms with Crippen molar-refractivity contribution in [3.05, 3.63) is 83.2 Å². The minimum Gasteiger partial charge on any atom is -0.331 e. The molecular weight excluding hydrogens is 516 g/mol. The predicted octanol–water partition coefficient (Wildman–Crippen LogP) is 6.67. The second-order valence-electron chi connectivity index (χ2n) is 10.0. The summed E-state index contributed by atoms with van der Waals surface area (Å²) in [6.07, 6.45) is 12.6. The van der Waals surface area contributed by atoms with Crippen molar-refractivity contribution in [3.63, 3.8) is 0 Å². The van der Waals surface area contributed by atoms with Crippen LogP contribution < -0.4 is 10.6 Å². The largest absolute Gasteiger partial charge is 0.331 e. The van der Waals surface area contributed by atoms with Crippen molar-refractivity contribution in [2.75, 3.05) is 5.32 Å². The summed E-state index contributed by atoms with van der Waals surface area (Å²) in [5, 5.41) is 15.4. The van der Waals surface area contributed by atoms with Gasteiger partial charge in [-0.1, -0.05) is 66.7 Å². The molecule has 1 aliphatic rings. The first kappa shape index (κ1) is 25.7. The van der Waals surface area contributed by atoms with Gasteiger partial charge in [0.25, 0.3) is 0 Å². The third kappa shape index (κ3) is 6.05. The van der Waals surface area contributed by atoms with Crippen molar-refractivity contribution >= 4 is 27.8 Å². The van der Waals surface area contributed by atoms with E-state index < -0.39 is 0 Å². The Hall–Kier alpha value is -3.39. The number of carbonyl (C=O) groups excluding carboxylic acids is 1. The summed E-state index contributed by atoms with van der Waals surface area (Å²) in [5.74, 6) is 0.614. The number of aryl methyl sites for hydroxylation is 1. The molecule has 0 saturated carbocycles. The Morgan fingerprint density at radius 1 is 1.25 bits per heavy atom. The Morgan fingerprint density at radius 3 is 2.69 bits per heavy atom. The Morgan fingerprint density at radius 2 is 2.00 bits per heavy atom. The van der Waals surface area contributed by atoms with Gasteiger partial charge in [0, 0.05) is 28.9 Å².